The Morgan fingerprint density at radius 2 is 1.77 bits per heavy atom. The molecular formula is C9H11BrO2S. The van der Waals surface area contributed by atoms with Gasteiger partial charge in [0.25, 0.3) is 0 Å². The highest BCUT2D eigenvalue weighted by molar-refractivity contribution is 9.09. The average Bonchev–Trinajstić information content (AvgIpc) is 2.08. The van der Waals surface area contributed by atoms with E-state index in [0.29, 0.717) is 0 Å². The summed E-state index contributed by atoms with van der Waals surface area (Å²) in [5.41, 5.74) is 2.02. The molecule has 0 aliphatic rings. The molecule has 1 rings (SSSR count). The molecule has 0 heterocycles. The van der Waals surface area contributed by atoms with E-state index in [-0.39, 0.29) is 5.75 Å². The fraction of sp³-hybridized carbons (Fsp3) is 0.333. The fourth-order valence-electron chi connectivity index (χ4n) is 1.20. The van der Waals surface area contributed by atoms with E-state index in [9.17, 15) is 8.42 Å². The molecule has 1 aromatic carbocycles. The highest BCUT2D eigenvalue weighted by atomic mass is 79.9. The lowest BCUT2D eigenvalue weighted by Gasteiger charge is -2.03. The summed E-state index contributed by atoms with van der Waals surface area (Å²) in [4.78, 5) is 0. The lowest BCUT2D eigenvalue weighted by molar-refractivity contribution is 0.613. The molecular weight excluding hydrogens is 252 g/mol. The number of halogens is 1. The predicted octanol–water partition coefficient (Wildman–Crippen LogP) is 1.74. The standard InChI is InChI=1S/C9H11BrO2S/c10-6-5-8-3-1-2-4-9(8)7-13(11)12/h1-4,13H,5-7H2. The number of alkyl halides is 1. The van der Waals surface area contributed by atoms with E-state index < -0.39 is 10.7 Å². The molecule has 72 valence electrons. The zero-order chi connectivity index (χ0) is 9.68. The summed E-state index contributed by atoms with van der Waals surface area (Å²) in [5.74, 6) is 0.151. The Labute approximate surface area is 88.1 Å². The first-order valence-electron chi connectivity index (χ1n) is 3.98. The molecule has 4 heteroatoms. The molecule has 0 aromatic heterocycles. The Balaban J connectivity index is 2.90. The summed E-state index contributed by atoms with van der Waals surface area (Å²) in [6.07, 6.45) is 0.874. The molecule has 0 spiro atoms. The first-order valence-corrected chi connectivity index (χ1v) is 6.47. The molecule has 2 nitrogen and oxygen atoms in total. The molecule has 0 radical (unpaired) electrons. The second kappa shape index (κ2) is 5.40. The second-order valence-electron chi connectivity index (χ2n) is 2.70. The van der Waals surface area contributed by atoms with Crippen LogP contribution in [-0.2, 0) is 22.9 Å². The zero-order valence-electron chi connectivity index (χ0n) is 7.07. The van der Waals surface area contributed by atoms with Gasteiger partial charge in [-0.3, -0.25) is 0 Å². The molecule has 0 saturated carbocycles. The van der Waals surface area contributed by atoms with Crippen molar-refractivity contribution in [3.8, 4) is 0 Å². The molecule has 0 aliphatic heterocycles. The normalized spacial score (nSPS) is 10.6. The van der Waals surface area contributed by atoms with Crippen LogP contribution in [0, 0.1) is 0 Å². The van der Waals surface area contributed by atoms with E-state index >= 15 is 0 Å². The molecule has 1 aromatic rings. The topological polar surface area (TPSA) is 34.1 Å². The first-order chi connectivity index (χ1) is 6.24. The summed E-state index contributed by atoms with van der Waals surface area (Å²) in [5, 5.41) is 0.861. The van der Waals surface area contributed by atoms with Crippen molar-refractivity contribution in [3.05, 3.63) is 35.4 Å². The summed E-state index contributed by atoms with van der Waals surface area (Å²) >= 11 is 3.34. The first kappa shape index (κ1) is 10.7. The van der Waals surface area contributed by atoms with Crippen LogP contribution in [0.4, 0.5) is 0 Å². The van der Waals surface area contributed by atoms with Gasteiger partial charge in [0.15, 0.2) is 0 Å². The molecule has 0 fully saturated rings. The number of hydrogen-bond acceptors (Lipinski definition) is 2. The van der Waals surface area contributed by atoms with E-state index in [1.165, 1.54) is 0 Å². The summed E-state index contributed by atoms with van der Waals surface area (Å²) in [6, 6.07) is 7.63. The molecule has 0 saturated heterocycles. The van der Waals surface area contributed by atoms with Crippen molar-refractivity contribution in [3.63, 3.8) is 0 Å². The van der Waals surface area contributed by atoms with Gasteiger partial charge in [0.1, 0.15) is 10.7 Å². The van der Waals surface area contributed by atoms with Gasteiger partial charge in [-0.05, 0) is 17.5 Å². The highest BCUT2D eigenvalue weighted by Crippen LogP contribution is 2.11. The van der Waals surface area contributed by atoms with Crippen LogP contribution in [0.15, 0.2) is 24.3 Å². The second-order valence-corrected chi connectivity index (χ2v) is 4.47. The average molecular weight is 263 g/mol. The van der Waals surface area contributed by atoms with Crippen LogP contribution in [0.25, 0.3) is 0 Å². The van der Waals surface area contributed by atoms with Gasteiger partial charge in [0.05, 0.1) is 5.75 Å². The van der Waals surface area contributed by atoms with Gasteiger partial charge in [0.2, 0.25) is 0 Å². The molecule has 0 bridgehead atoms. The maximum absolute atomic E-state index is 10.6. The third-order valence-electron chi connectivity index (χ3n) is 1.78. The van der Waals surface area contributed by atoms with Crippen molar-refractivity contribution < 1.29 is 8.42 Å². The number of hydrogen-bond donors (Lipinski definition) is 1. The van der Waals surface area contributed by atoms with Crippen LogP contribution in [0.3, 0.4) is 0 Å². The van der Waals surface area contributed by atoms with Gasteiger partial charge in [-0.15, -0.1) is 0 Å². The number of thiol groups is 1. The molecule has 0 unspecified atom stereocenters. The van der Waals surface area contributed by atoms with Gasteiger partial charge >= 0.3 is 0 Å². The minimum atomic E-state index is -2.32. The van der Waals surface area contributed by atoms with E-state index in [1.54, 1.807) is 0 Å². The monoisotopic (exact) mass is 262 g/mol. The molecule has 13 heavy (non-hydrogen) atoms. The van der Waals surface area contributed by atoms with Crippen LogP contribution in [0.1, 0.15) is 11.1 Å². The highest BCUT2D eigenvalue weighted by Gasteiger charge is 2.01. The van der Waals surface area contributed by atoms with Crippen LogP contribution in [0.2, 0.25) is 0 Å². The van der Waals surface area contributed by atoms with Crippen LogP contribution < -0.4 is 0 Å². The van der Waals surface area contributed by atoms with Gasteiger partial charge in [-0.2, -0.15) is 0 Å². The maximum Gasteiger partial charge on any atom is 0.144 e. The third-order valence-corrected chi connectivity index (χ3v) is 2.78. The summed E-state index contributed by atoms with van der Waals surface area (Å²) in [6.45, 7) is 0. The number of rotatable bonds is 4. The van der Waals surface area contributed by atoms with Crippen molar-refractivity contribution in [2.75, 3.05) is 5.33 Å². The van der Waals surface area contributed by atoms with Crippen molar-refractivity contribution in [2.45, 2.75) is 12.2 Å². The van der Waals surface area contributed by atoms with Crippen LogP contribution in [0.5, 0.6) is 0 Å². The van der Waals surface area contributed by atoms with Crippen molar-refractivity contribution in [1.82, 2.24) is 0 Å². The maximum atomic E-state index is 10.6. The largest absolute Gasteiger partial charge is 0.232 e. The van der Waals surface area contributed by atoms with Crippen LogP contribution in [-0.4, -0.2) is 13.7 Å². The van der Waals surface area contributed by atoms with Crippen molar-refractivity contribution in [1.29, 1.82) is 0 Å². The minimum absolute atomic E-state index is 0.151. The van der Waals surface area contributed by atoms with E-state index in [4.69, 9.17) is 0 Å². The predicted molar refractivity (Wildman–Crippen MR) is 58.0 cm³/mol. The van der Waals surface area contributed by atoms with E-state index in [2.05, 4.69) is 15.9 Å². The zero-order valence-corrected chi connectivity index (χ0v) is 9.55. The summed E-state index contributed by atoms with van der Waals surface area (Å²) < 4.78 is 21.1. The smallest absolute Gasteiger partial charge is 0.144 e. The number of aryl methyl sites for hydroxylation is 1. The Morgan fingerprint density at radius 1 is 1.15 bits per heavy atom. The van der Waals surface area contributed by atoms with Crippen molar-refractivity contribution in [2.24, 2.45) is 0 Å². The molecule has 0 atom stereocenters. The Morgan fingerprint density at radius 3 is 2.31 bits per heavy atom. The Kier molecular flexibility index (Phi) is 4.45. The Bertz CT molecular complexity index is 339. The van der Waals surface area contributed by atoms with E-state index in [1.807, 2.05) is 24.3 Å². The summed E-state index contributed by atoms with van der Waals surface area (Å²) in [7, 11) is -2.32. The molecule has 0 amide bonds. The van der Waals surface area contributed by atoms with Gasteiger partial charge < -0.3 is 0 Å². The van der Waals surface area contributed by atoms with Crippen molar-refractivity contribution >= 4 is 26.6 Å². The lowest BCUT2D eigenvalue weighted by Crippen LogP contribution is -1.95. The minimum Gasteiger partial charge on any atom is -0.232 e. The molecule has 0 N–H and O–H groups in total. The molecule has 0 aliphatic carbocycles. The van der Waals surface area contributed by atoms with Gasteiger partial charge in [-0.1, -0.05) is 40.2 Å². The third kappa shape index (κ3) is 3.48. The van der Waals surface area contributed by atoms with Gasteiger partial charge in [0, 0.05) is 5.33 Å². The van der Waals surface area contributed by atoms with Crippen LogP contribution >= 0.6 is 15.9 Å². The number of benzene rings is 1. The quantitative estimate of drug-likeness (QED) is 0.663. The Hall–Kier alpha value is -0.350. The lowest BCUT2D eigenvalue weighted by atomic mass is 10.1. The fourth-order valence-corrected chi connectivity index (χ4v) is 2.21. The van der Waals surface area contributed by atoms with Gasteiger partial charge in [-0.25, -0.2) is 8.42 Å². The SMILES string of the molecule is O=[SH](=O)Cc1ccccc1CCBr. The van der Waals surface area contributed by atoms with E-state index in [0.717, 1.165) is 22.9 Å².